The molecule has 1 aliphatic heterocycles. The van der Waals surface area contributed by atoms with Crippen molar-refractivity contribution in [2.24, 2.45) is 0 Å². The second kappa shape index (κ2) is 11.7. The molecule has 0 bridgehead atoms. The number of nitro groups is 1. The van der Waals surface area contributed by atoms with Crippen molar-refractivity contribution in [1.82, 2.24) is 14.9 Å². The Morgan fingerprint density at radius 3 is 2.20 bits per heavy atom. The third-order valence-electron chi connectivity index (χ3n) is 5.43. The summed E-state index contributed by atoms with van der Waals surface area (Å²) in [6.07, 6.45) is 3.25. The molecule has 3 heterocycles. The van der Waals surface area contributed by atoms with Gasteiger partial charge in [-0.05, 0) is 48.6 Å². The molecule has 1 saturated heterocycles. The molecule has 0 saturated carbocycles. The lowest BCUT2D eigenvalue weighted by Gasteiger charge is -2.35. The van der Waals surface area contributed by atoms with Crippen molar-refractivity contribution >= 4 is 63.5 Å². The number of thiocarbonyl (C=S) groups is 1. The monoisotopic (exact) mass is 532 g/mol. The van der Waals surface area contributed by atoms with E-state index in [0.717, 1.165) is 13.1 Å². The molecule has 1 aromatic carbocycles. The lowest BCUT2D eigenvalue weighted by molar-refractivity contribution is -0.384. The Bertz CT molecular complexity index is 1190. The number of morpholine rings is 1. The van der Waals surface area contributed by atoms with Crippen LogP contribution in [0, 0.1) is 10.1 Å². The number of hydrogen-bond donors (Lipinski definition) is 0. The number of hydrogen-bond acceptors (Lipinski definition) is 7. The SMILES string of the molecule is O=[N+]([O-])c1ccc(N(C(=S)N(CCN2CCOCC2)c2ncccc2Cl)c2ncccc2Cl)cc1. The molecule has 12 heteroatoms. The summed E-state index contributed by atoms with van der Waals surface area (Å²) in [6, 6.07) is 13.0. The van der Waals surface area contributed by atoms with E-state index >= 15 is 0 Å². The zero-order chi connectivity index (χ0) is 24.8. The first-order chi connectivity index (χ1) is 17.0. The standard InChI is InChI=1S/C23H22Cl2N6O3S/c24-19-3-1-9-26-21(19)29(12-11-28-13-15-34-16-14-28)23(35)30(22-20(25)4-2-10-27-22)17-5-7-18(8-6-17)31(32)33/h1-10H,11-16H2. The number of rotatable bonds is 7. The first-order valence-corrected chi connectivity index (χ1v) is 12.0. The third-order valence-corrected chi connectivity index (χ3v) is 6.42. The normalized spacial score (nSPS) is 13.9. The van der Waals surface area contributed by atoms with Gasteiger partial charge in [-0.1, -0.05) is 23.2 Å². The molecular weight excluding hydrogens is 511 g/mol. The molecule has 0 radical (unpaired) electrons. The molecule has 182 valence electrons. The van der Waals surface area contributed by atoms with Gasteiger partial charge in [-0.3, -0.25) is 19.9 Å². The number of anilines is 3. The van der Waals surface area contributed by atoms with Gasteiger partial charge in [0.15, 0.2) is 16.7 Å². The van der Waals surface area contributed by atoms with Gasteiger partial charge in [0.05, 0.1) is 33.9 Å². The third kappa shape index (κ3) is 6.03. The van der Waals surface area contributed by atoms with Crippen molar-refractivity contribution in [2.75, 3.05) is 49.2 Å². The smallest absolute Gasteiger partial charge is 0.269 e. The molecule has 0 unspecified atom stereocenters. The Hall–Kier alpha value is -2.89. The van der Waals surface area contributed by atoms with Gasteiger partial charge in [-0.25, -0.2) is 9.97 Å². The number of halogens is 2. The molecule has 1 fully saturated rings. The topological polar surface area (TPSA) is 87.9 Å². The summed E-state index contributed by atoms with van der Waals surface area (Å²) in [4.78, 5) is 25.5. The van der Waals surface area contributed by atoms with Crippen molar-refractivity contribution in [3.63, 3.8) is 0 Å². The summed E-state index contributed by atoms with van der Waals surface area (Å²) in [5, 5.41) is 12.3. The summed E-state index contributed by atoms with van der Waals surface area (Å²) in [5.74, 6) is 0.878. The van der Waals surface area contributed by atoms with Crippen molar-refractivity contribution < 1.29 is 9.66 Å². The van der Waals surface area contributed by atoms with E-state index < -0.39 is 4.92 Å². The van der Waals surface area contributed by atoms with Crippen LogP contribution in [0.4, 0.5) is 23.0 Å². The Balaban J connectivity index is 1.74. The van der Waals surface area contributed by atoms with E-state index in [9.17, 15) is 10.1 Å². The van der Waals surface area contributed by atoms with Crippen LogP contribution >= 0.6 is 35.4 Å². The first kappa shape index (κ1) is 25.2. The molecule has 3 aromatic rings. The van der Waals surface area contributed by atoms with E-state index in [1.165, 1.54) is 12.1 Å². The van der Waals surface area contributed by atoms with E-state index in [1.807, 2.05) is 4.90 Å². The maximum absolute atomic E-state index is 11.2. The number of non-ortho nitro benzene ring substituents is 1. The van der Waals surface area contributed by atoms with Crippen LogP contribution in [0.25, 0.3) is 0 Å². The first-order valence-electron chi connectivity index (χ1n) is 10.8. The van der Waals surface area contributed by atoms with Gasteiger partial charge < -0.3 is 9.64 Å². The summed E-state index contributed by atoms with van der Waals surface area (Å²) >= 11 is 19.0. The van der Waals surface area contributed by atoms with Crippen molar-refractivity contribution in [3.8, 4) is 0 Å². The Morgan fingerprint density at radius 2 is 1.63 bits per heavy atom. The quantitative estimate of drug-likeness (QED) is 0.238. The van der Waals surface area contributed by atoms with E-state index in [4.69, 9.17) is 40.2 Å². The maximum atomic E-state index is 11.2. The van der Waals surface area contributed by atoms with Gasteiger partial charge in [0.1, 0.15) is 0 Å². The average Bonchev–Trinajstić information content (AvgIpc) is 2.87. The van der Waals surface area contributed by atoms with Gasteiger partial charge in [0.2, 0.25) is 0 Å². The molecule has 1 aliphatic rings. The molecule has 0 aliphatic carbocycles. The fourth-order valence-corrected chi connectivity index (χ4v) is 4.44. The molecule has 0 amide bonds. The zero-order valence-electron chi connectivity index (χ0n) is 18.6. The van der Waals surface area contributed by atoms with Gasteiger partial charge in [0.25, 0.3) is 5.69 Å². The molecular formula is C23H22Cl2N6O3S. The lowest BCUT2D eigenvalue weighted by Crippen LogP contribution is -2.47. The highest BCUT2D eigenvalue weighted by Crippen LogP contribution is 2.34. The highest BCUT2D eigenvalue weighted by Gasteiger charge is 2.27. The van der Waals surface area contributed by atoms with Gasteiger partial charge in [0, 0.05) is 50.7 Å². The summed E-state index contributed by atoms with van der Waals surface area (Å²) in [5.41, 5.74) is 0.522. The van der Waals surface area contributed by atoms with E-state index in [2.05, 4.69) is 14.9 Å². The number of aromatic nitrogens is 2. The second-order valence-corrected chi connectivity index (χ2v) is 8.79. The number of nitrogens with zero attached hydrogens (tertiary/aromatic N) is 6. The minimum Gasteiger partial charge on any atom is -0.379 e. The predicted molar refractivity (Wildman–Crippen MR) is 141 cm³/mol. The highest BCUT2D eigenvalue weighted by molar-refractivity contribution is 7.80. The molecule has 2 aromatic heterocycles. The van der Waals surface area contributed by atoms with Gasteiger partial charge in [-0.15, -0.1) is 0 Å². The van der Waals surface area contributed by atoms with Crippen LogP contribution in [0.1, 0.15) is 0 Å². The van der Waals surface area contributed by atoms with Gasteiger partial charge >= 0.3 is 0 Å². The summed E-state index contributed by atoms with van der Waals surface area (Å²) in [6.45, 7) is 4.16. The maximum Gasteiger partial charge on any atom is 0.269 e. The number of ether oxygens (including phenoxy) is 1. The number of pyridine rings is 2. The van der Waals surface area contributed by atoms with E-state index in [1.54, 1.807) is 53.7 Å². The van der Waals surface area contributed by atoms with E-state index in [-0.39, 0.29) is 5.69 Å². The lowest BCUT2D eigenvalue weighted by atomic mass is 10.2. The fourth-order valence-electron chi connectivity index (χ4n) is 3.64. The average molecular weight is 533 g/mol. The zero-order valence-corrected chi connectivity index (χ0v) is 20.9. The molecule has 4 rings (SSSR count). The minimum absolute atomic E-state index is 0.0383. The largest absolute Gasteiger partial charge is 0.379 e. The van der Waals surface area contributed by atoms with Crippen molar-refractivity contribution in [3.05, 3.63) is 81.1 Å². The molecule has 35 heavy (non-hydrogen) atoms. The van der Waals surface area contributed by atoms with Crippen LogP contribution in [0.15, 0.2) is 60.9 Å². The van der Waals surface area contributed by atoms with Crippen LogP contribution in [0.5, 0.6) is 0 Å². The van der Waals surface area contributed by atoms with Crippen LogP contribution < -0.4 is 9.80 Å². The molecule has 0 N–H and O–H groups in total. The Labute approximate surface area is 218 Å². The minimum atomic E-state index is -0.456. The predicted octanol–water partition coefficient (Wildman–Crippen LogP) is 4.95. The van der Waals surface area contributed by atoms with Crippen LogP contribution in [0.2, 0.25) is 10.0 Å². The van der Waals surface area contributed by atoms with Crippen LogP contribution in [-0.4, -0.2) is 64.3 Å². The highest BCUT2D eigenvalue weighted by atomic mass is 35.5. The molecule has 9 nitrogen and oxygen atoms in total. The van der Waals surface area contributed by atoms with Crippen LogP contribution in [-0.2, 0) is 4.74 Å². The molecule has 0 atom stereocenters. The van der Waals surface area contributed by atoms with Crippen LogP contribution in [0.3, 0.4) is 0 Å². The second-order valence-electron chi connectivity index (χ2n) is 7.61. The fraction of sp³-hybridized carbons (Fsp3) is 0.261. The number of benzene rings is 1. The summed E-state index contributed by atoms with van der Waals surface area (Å²) < 4.78 is 5.46. The Kier molecular flexibility index (Phi) is 8.42. The van der Waals surface area contributed by atoms with Crippen molar-refractivity contribution in [2.45, 2.75) is 0 Å². The van der Waals surface area contributed by atoms with Crippen molar-refractivity contribution in [1.29, 1.82) is 0 Å². The number of nitro benzene ring substituents is 1. The van der Waals surface area contributed by atoms with E-state index in [0.29, 0.717) is 58.8 Å². The Morgan fingerprint density at radius 1 is 1.03 bits per heavy atom. The summed E-state index contributed by atoms with van der Waals surface area (Å²) in [7, 11) is 0. The molecule has 0 spiro atoms. The van der Waals surface area contributed by atoms with Gasteiger partial charge in [-0.2, -0.15) is 0 Å².